The number of aromatic nitrogens is 2. The monoisotopic (exact) mass is 438 g/mol. The average molecular weight is 439 g/mol. The molecule has 1 aliphatic carbocycles. The van der Waals surface area contributed by atoms with Gasteiger partial charge >= 0.3 is 5.97 Å². The van der Waals surface area contributed by atoms with Crippen LogP contribution in [0.4, 0.5) is 4.39 Å². The fraction of sp³-hybridized carbons (Fsp3) is 0.500. The lowest BCUT2D eigenvalue weighted by atomic mass is 9.88. The number of aliphatic hydroxyl groups excluding tert-OH is 1. The van der Waals surface area contributed by atoms with Crippen molar-refractivity contribution in [1.82, 2.24) is 9.97 Å². The molecule has 0 amide bonds. The zero-order valence-corrected chi connectivity index (χ0v) is 18.8. The molecule has 0 bridgehead atoms. The molecule has 0 spiro atoms. The molecular formula is C26H31FN2O3. The van der Waals surface area contributed by atoms with Crippen molar-refractivity contribution in [3.05, 3.63) is 53.2 Å². The first-order valence-electron chi connectivity index (χ1n) is 11.6. The van der Waals surface area contributed by atoms with Gasteiger partial charge in [0.05, 0.1) is 23.9 Å². The largest absolute Gasteiger partial charge is 0.458 e. The van der Waals surface area contributed by atoms with Crippen molar-refractivity contribution in [3.8, 4) is 11.3 Å². The second-order valence-electron chi connectivity index (χ2n) is 9.21. The molecule has 1 aromatic carbocycles. The van der Waals surface area contributed by atoms with E-state index in [0.29, 0.717) is 12.3 Å². The second-order valence-corrected chi connectivity index (χ2v) is 9.21. The molecule has 1 aliphatic heterocycles. The maximum atomic E-state index is 13.6. The van der Waals surface area contributed by atoms with Crippen LogP contribution in [-0.4, -0.2) is 33.3 Å². The number of hydrogen-bond acceptors (Lipinski definition) is 5. The molecule has 32 heavy (non-hydrogen) atoms. The smallest absolute Gasteiger partial charge is 0.309 e. The predicted molar refractivity (Wildman–Crippen MR) is 121 cm³/mol. The summed E-state index contributed by atoms with van der Waals surface area (Å²) in [6, 6.07) is 6.38. The number of hydrogen-bond donors (Lipinski definition) is 1. The minimum atomic E-state index is -0.697. The summed E-state index contributed by atoms with van der Waals surface area (Å²) < 4.78 is 19.0. The molecule has 2 aromatic rings. The Hall–Kier alpha value is -2.60. The third kappa shape index (κ3) is 5.23. The molecule has 0 radical (unpaired) electrons. The van der Waals surface area contributed by atoms with E-state index in [-0.39, 0.29) is 18.2 Å². The molecule has 0 unspecified atom stereocenters. The molecule has 2 atom stereocenters. The highest BCUT2D eigenvalue weighted by Gasteiger charge is 2.27. The van der Waals surface area contributed by atoms with Crippen molar-refractivity contribution in [2.45, 2.75) is 82.8 Å². The molecule has 2 fully saturated rings. The Morgan fingerprint density at radius 2 is 1.84 bits per heavy atom. The zero-order chi connectivity index (χ0) is 22.7. The summed E-state index contributed by atoms with van der Waals surface area (Å²) in [5.41, 5.74) is 3.37. The van der Waals surface area contributed by atoms with Crippen molar-refractivity contribution in [2.75, 3.05) is 0 Å². The van der Waals surface area contributed by atoms with Gasteiger partial charge in [0.15, 0.2) is 0 Å². The number of carbonyl (C=O) groups is 1. The van der Waals surface area contributed by atoms with E-state index < -0.39 is 18.2 Å². The minimum Gasteiger partial charge on any atom is -0.458 e. The molecule has 6 heteroatoms. The van der Waals surface area contributed by atoms with Crippen LogP contribution >= 0.6 is 0 Å². The number of cyclic esters (lactones) is 1. The summed E-state index contributed by atoms with van der Waals surface area (Å²) in [5.74, 6) is 0.667. The molecule has 4 rings (SSSR count). The molecule has 170 valence electrons. The van der Waals surface area contributed by atoms with E-state index in [1.165, 1.54) is 31.4 Å². The number of rotatable bonds is 5. The van der Waals surface area contributed by atoms with Gasteiger partial charge in [-0.25, -0.2) is 14.4 Å². The van der Waals surface area contributed by atoms with Crippen LogP contribution in [0.5, 0.6) is 0 Å². The second kappa shape index (κ2) is 9.90. The van der Waals surface area contributed by atoms with Gasteiger partial charge in [-0.1, -0.05) is 39.2 Å². The predicted octanol–water partition coefficient (Wildman–Crippen LogP) is 5.53. The first kappa shape index (κ1) is 22.6. The number of esters is 1. The maximum Gasteiger partial charge on any atom is 0.309 e. The quantitative estimate of drug-likeness (QED) is 0.621. The van der Waals surface area contributed by atoms with Gasteiger partial charge in [0, 0.05) is 23.5 Å². The first-order valence-corrected chi connectivity index (χ1v) is 11.6. The number of halogens is 1. The third-order valence-corrected chi connectivity index (χ3v) is 6.29. The van der Waals surface area contributed by atoms with Crippen LogP contribution in [0, 0.1) is 5.82 Å². The van der Waals surface area contributed by atoms with E-state index in [0.717, 1.165) is 41.2 Å². The van der Waals surface area contributed by atoms with Gasteiger partial charge in [-0.15, -0.1) is 0 Å². The normalized spacial score (nSPS) is 22.5. The van der Waals surface area contributed by atoms with Crippen LogP contribution in [0.1, 0.15) is 87.7 Å². The summed E-state index contributed by atoms with van der Waals surface area (Å²) in [5, 5.41) is 9.93. The molecule has 1 aromatic heterocycles. The summed E-state index contributed by atoms with van der Waals surface area (Å²) >= 11 is 0. The first-order chi connectivity index (χ1) is 15.4. The van der Waals surface area contributed by atoms with Crippen LogP contribution in [-0.2, 0) is 9.53 Å². The van der Waals surface area contributed by atoms with Gasteiger partial charge < -0.3 is 9.84 Å². The highest BCUT2D eigenvalue weighted by atomic mass is 19.1. The lowest BCUT2D eigenvalue weighted by molar-refractivity contribution is -0.156. The number of benzene rings is 1. The highest BCUT2D eigenvalue weighted by Crippen LogP contribution is 2.35. The number of carbonyl (C=O) groups excluding carboxylic acids is 1. The Morgan fingerprint density at radius 3 is 2.50 bits per heavy atom. The van der Waals surface area contributed by atoms with Gasteiger partial charge in [-0.3, -0.25) is 4.79 Å². The van der Waals surface area contributed by atoms with Crippen molar-refractivity contribution < 1.29 is 19.0 Å². The third-order valence-electron chi connectivity index (χ3n) is 6.29. The van der Waals surface area contributed by atoms with E-state index in [2.05, 4.69) is 13.8 Å². The van der Waals surface area contributed by atoms with E-state index in [1.807, 2.05) is 6.08 Å². The standard InChI is InChI=1S/C26H31FN2O3/c1-16(2)24-22(13-12-21-14-20(30)15-23(31)32-21)25(17-8-10-19(27)11-9-17)29-26(28-24)18-6-4-3-5-7-18/h8-13,16,18,20-21,30H,3-7,14-15H2,1-2H3/b13-12+/t20-,21-/m1/s1. The molecular weight excluding hydrogens is 407 g/mol. The molecule has 2 heterocycles. The van der Waals surface area contributed by atoms with Gasteiger partial charge in [0.25, 0.3) is 0 Å². The van der Waals surface area contributed by atoms with E-state index in [1.54, 1.807) is 18.2 Å². The molecule has 1 saturated carbocycles. The van der Waals surface area contributed by atoms with Crippen LogP contribution in [0.2, 0.25) is 0 Å². The Labute approximate surface area is 188 Å². The molecule has 1 saturated heterocycles. The van der Waals surface area contributed by atoms with E-state index in [9.17, 15) is 14.3 Å². The van der Waals surface area contributed by atoms with Crippen LogP contribution in [0.3, 0.4) is 0 Å². The number of aliphatic hydroxyl groups is 1. The van der Waals surface area contributed by atoms with Crippen LogP contribution in [0.25, 0.3) is 17.3 Å². The van der Waals surface area contributed by atoms with E-state index in [4.69, 9.17) is 14.7 Å². The van der Waals surface area contributed by atoms with Gasteiger partial charge in [-0.05, 0) is 49.1 Å². The zero-order valence-electron chi connectivity index (χ0n) is 18.8. The topological polar surface area (TPSA) is 72.3 Å². The van der Waals surface area contributed by atoms with Crippen LogP contribution < -0.4 is 0 Å². The van der Waals surface area contributed by atoms with E-state index >= 15 is 0 Å². The van der Waals surface area contributed by atoms with Gasteiger partial charge in [0.2, 0.25) is 0 Å². The van der Waals surface area contributed by atoms with Crippen molar-refractivity contribution in [1.29, 1.82) is 0 Å². The Kier molecular flexibility index (Phi) is 6.99. The molecule has 1 N–H and O–H groups in total. The molecule has 2 aliphatic rings. The van der Waals surface area contributed by atoms with Crippen molar-refractivity contribution in [2.24, 2.45) is 0 Å². The maximum absolute atomic E-state index is 13.6. The minimum absolute atomic E-state index is 0.0294. The highest BCUT2D eigenvalue weighted by molar-refractivity contribution is 5.75. The summed E-state index contributed by atoms with van der Waals surface area (Å²) in [6.45, 7) is 4.20. The van der Waals surface area contributed by atoms with Gasteiger partial charge in [-0.2, -0.15) is 0 Å². The SMILES string of the molecule is CC(C)c1nc(C2CCCCC2)nc(-c2ccc(F)cc2)c1/C=C/[C@@H]1C[C@@H](O)CC(=O)O1. The Bertz CT molecular complexity index is 981. The number of nitrogens with zero attached hydrogens (tertiary/aromatic N) is 2. The van der Waals surface area contributed by atoms with Crippen LogP contribution in [0.15, 0.2) is 30.3 Å². The summed E-state index contributed by atoms with van der Waals surface area (Å²) in [4.78, 5) is 21.7. The van der Waals surface area contributed by atoms with Gasteiger partial charge in [0.1, 0.15) is 17.7 Å². The average Bonchev–Trinajstić information content (AvgIpc) is 2.77. The fourth-order valence-corrected chi connectivity index (χ4v) is 4.61. The lowest BCUT2D eigenvalue weighted by Crippen LogP contribution is -2.31. The lowest BCUT2D eigenvalue weighted by Gasteiger charge is -2.25. The molecule has 5 nitrogen and oxygen atoms in total. The number of ether oxygens (including phenoxy) is 1. The summed E-state index contributed by atoms with van der Waals surface area (Å²) in [7, 11) is 0. The van der Waals surface area contributed by atoms with Crippen molar-refractivity contribution in [3.63, 3.8) is 0 Å². The fourth-order valence-electron chi connectivity index (χ4n) is 4.61. The van der Waals surface area contributed by atoms with Crippen molar-refractivity contribution >= 4 is 12.0 Å². The Balaban J connectivity index is 1.79. The Morgan fingerprint density at radius 1 is 1.12 bits per heavy atom. The summed E-state index contributed by atoms with van der Waals surface area (Å²) in [6.07, 6.45) is 8.72.